The first-order chi connectivity index (χ1) is 7.79. The second-order valence-corrected chi connectivity index (χ2v) is 5.63. The molecule has 2 fully saturated rings. The van der Waals surface area contributed by atoms with Crippen molar-refractivity contribution in [1.82, 2.24) is 5.32 Å². The van der Waals surface area contributed by atoms with Crippen LogP contribution in [0.4, 0.5) is 0 Å². The molecule has 0 aliphatic carbocycles. The van der Waals surface area contributed by atoms with Gasteiger partial charge >= 0.3 is 0 Å². The van der Waals surface area contributed by atoms with Gasteiger partial charge in [-0.1, -0.05) is 32.6 Å². The highest BCUT2D eigenvalue weighted by atomic mass is 16.5. The van der Waals surface area contributed by atoms with Crippen molar-refractivity contribution in [2.75, 3.05) is 0 Å². The molecule has 0 spiro atoms. The standard InChI is InChI=1S/C14H27NO/c1-3-4-5-6-7-11(2)15-13-10-12-8-9-14(13)16-12/h11-15H,3-10H2,1-2H3. The van der Waals surface area contributed by atoms with Gasteiger partial charge in [0.25, 0.3) is 0 Å². The molecule has 0 aromatic carbocycles. The average molecular weight is 225 g/mol. The van der Waals surface area contributed by atoms with Gasteiger partial charge in [0.2, 0.25) is 0 Å². The van der Waals surface area contributed by atoms with Gasteiger partial charge in [-0.3, -0.25) is 0 Å². The molecule has 2 rings (SSSR count). The van der Waals surface area contributed by atoms with Gasteiger partial charge in [0.05, 0.1) is 12.2 Å². The number of unbranched alkanes of at least 4 members (excludes halogenated alkanes) is 3. The summed E-state index contributed by atoms with van der Waals surface area (Å²) in [5.41, 5.74) is 0. The summed E-state index contributed by atoms with van der Waals surface area (Å²) >= 11 is 0. The van der Waals surface area contributed by atoms with Gasteiger partial charge in [-0.15, -0.1) is 0 Å². The summed E-state index contributed by atoms with van der Waals surface area (Å²) in [7, 11) is 0. The van der Waals surface area contributed by atoms with Crippen LogP contribution in [0.25, 0.3) is 0 Å². The molecule has 1 N–H and O–H groups in total. The predicted octanol–water partition coefficient (Wildman–Crippen LogP) is 3.25. The highest BCUT2D eigenvalue weighted by Crippen LogP contribution is 2.34. The van der Waals surface area contributed by atoms with Crippen molar-refractivity contribution >= 4 is 0 Å². The molecule has 4 atom stereocenters. The molecule has 2 heteroatoms. The molecule has 0 saturated carbocycles. The van der Waals surface area contributed by atoms with Gasteiger partial charge in [0, 0.05) is 12.1 Å². The lowest BCUT2D eigenvalue weighted by Gasteiger charge is -2.24. The van der Waals surface area contributed by atoms with Gasteiger partial charge in [-0.05, 0) is 32.6 Å². The first-order valence-electron chi connectivity index (χ1n) is 7.21. The summed E-state index contributed by atoms with van der Waals surface area (Å²) < 4.78 is 5.87. The second-order valence-electron chi connectivity index (χ2n) is 5.63. The molecular formula is C14H27NO. The van der Waals surface area contributed by atoms with E-state index < -0.39 is 0 Å². The molecule has 2 aliphatic heterocycles. The van der Waals surface area contributed by atoms with E-state index in [-0.39, 0.29) is 0 Å². The van der Waals surface area contributed by atoms with Gasteiger partial charge in [0.1, 0.15) is 0 Å². The van der Waals surface area contributed by atoms with Crippen LogP contribution in [0.2, 0.25) is 0 Å². The van der Waals surface area contributed by atoms with E-state index in [1.165, 1.54) is 51.4 Å². The third kappa shape index (κ3) is 3.21. The molecule has 0 amide bonds. The first-order valence-corrected chi connectivity index (χ1v) is 7.21. The highest BCUT2D eigenvalue weighted by Gasteiger charge is 2.40. The zero-order valence-corrected chi connectivity index (χ0v) is 10.9. The molecule has 4 unspecified atom stereocenters. The van der Waals surface area contributed by atoms with E-state index in [4.69, 9.17) is 4.74 Å². The summed E-state index contributed by atoms with van der Waals surface area (Å²) in [5.74, 6) is 0. The fourth-order valence-corrected chi connectivity index (χ4v) is 3.14. The minimum Gasteiger partial charge on any atom is -0.373 e. The van der Waals surface area contributed by atoms with Gasteiger partial charge in [-0.2, -0.15) is 0 Å². The molecule has 94 valence electrons. The van der Waals surface area contributed by atoms with Crippen LogP contribution in [0.1, 0.15) is 65.2 Å². The molecule has 16 heavy (non-hydrogen) atoms. The number of rotatable bonds is 7. The second kappa shape index (κ2) is 6.02. The Balaban J connectivity index is 1.58. The van der Waals surface area contributed by atoms with Crippen LogP contribution in [0.15, 0.2) is 0 Å². The van der Waals surface area contributed by atoms with E-state index >= 15 is 0 Å². The maximum absolute atomic E-state index is 5.87. The van der Waals surface area contributed by atoms with Crippen LogP contribution in [-0.4, -0.2) is 24.3 Å². The van der Waals surface area contributed by atoms with Crippen LogP contribution >= 0.6 is 0 Å². The Hall–Kier alpha value is -0.0800. The Morgan fingerprint density at radius 1 is 1.25 bits per heavy atom. The van der Waals surface area contributed by atoms with Gasteiger partial charge in [-0.25, -0.2) is 0 Å². The average Bonchev–Trinajstić information content (AvgIpc) is 2.86. The third-order valence-electron chi connectivity index (χ3n) is 4.10. The molecule has 2 heterocycles. The molecule has 2 bridgehead atoms. The van der Waals surface area contributed by atoms with Gasteiger partial charge < -0.3 is 10.1 Å². The fourth-order valence-electron chi connectivity index (χ4n) is 3.14. The van der Waals surface area contributed by atoms with E-state index in [1.807, 2.05) is 0 Å². The maximum atomic E-state index is 5.87. The van der Waals surface area contributed by atoms with Crippen molar-refractivity contribution in [3.05, 3.63) is 0 Å². The predicted molar refractivity (Wildman–Crippen MR) is 67.7 cm³/mol. The summed E-state index contributed by atoms with van der Waals surface area (Å²) in [4.78, 5) is 0. The van der Waals surface area contributed by atoms with Crippen molar-refractivity contribution in [3.63, 3.8) is 0 Å². The fraction of sp³-hybridized carbons (Fsp3) is 1.00. The summed E-state index contributed by atoms with van der Waals surface area (Å²) in [5, 5.41) is 3.76. The molecule has 2 saturated heterocycles. The normalized spacial score (nSPS) is 34.5. The Morgan fingerprint density at radius 3 is 2.75 bits per heavy atom. The summed E-state index contributed by atoms with van der Waals surface area (Å²) in [6.45, 7) is 4.60. The SMILES string of the molecule is CCCCCCC(C)NC1CC2CCC1O2. The molecule has 2 aliphatic rings. The Labute approximate surface area is 100 Å². The van der Waals surface area contributed by atoms with Gasteiger partial charge in [0.15, 0.2) is 0 Å². The molecule has 0 aromatic heterocycles. The van der Waals surface area contributed by atoms with Crippen molar-refractivity contribution in [3.8, 4) is 0 Å². The van der Waals surface area contributed by atoms with E-state index in [2.05, 4.69) is 19.2 Å². The van der Waals surface area contributed by atoms with Crippen molar-refractivity contribution < 1.29 is 4.74 Å². The zero-order chi connectivity index (χ0) is 11.4. The van der Waals surface area contributed by atoms with Crippen LogP contribution < -0.4 is 5.32 Å². The first kappa shape index (κ1) is 12.4. The number of ether oxygens (including phenoxy) is 1. The van der Waals surface area contributed by atoms with E-state index in [9.17, 15) is 0 Å². The van der Waals surface area contributed by atoms with Crippen LogP contribution in [0.5, 0.6) is 0 Å². The van der Waals surface area contributed by atoms with Crippen molar-refractivity contribution in [1.29, 1.82) is 0 Å². The number of hydrogen-bond donors (Lipinski definition) is 1. The molecule has 2 nitrogen and oxygen atoms in total. The van der Waals surface area contributed by atoms with Crippen LogP contribution in [0, 0.1) is 0 Å². The molecular weight excluding hydrogens is 198 g/mol. The Bertz CT molecular complexity index is 207. The highest BCUT2D eigenvalue weighted by molar-refractivity contribution is 4.94. The van der Waals surface area contributed by atoms with Crippen molar-refractivity contribution in [2.24, 2.45) is 0 Å². The van der Waals surface area contributed by atoms with E-state index in [1.54, 1.807) is 0 Å². The summed E-state index contributed by atoms with van der Waals surface area (Å²) in [6, 6.07) is 1.32. The number of nitrogens with one attached hydrogen (secondary N) is 1. The largest absolute Gasteiger partial charge is 0.373 e. The Kier molecular flexibility index (Phi) is 4.66. The zero-order valence-electron chi connectivity index (χ0n) is 10.9. The topological polar surface area (TPSA) is 21.3 Å². The third-order valence-corrected chi connectivity index (χ3v) is 4.10. The quantitative estimate of drug-likeness (QED) is 0.672. The monoisotopic (exact) mass is 225 g/mol. The van der Waals surface area contributed by atoms with E-state index in [0.717, 1.165) is 0 Å². The van der Waals surface area contributed by atoms with Crippen LogP contribution in [-0.2, 0) is 4.74 Å². The minimum absolute atomic E-state index is 0.531. The molecule has 0 radical (unpaired) electrons. The lowest BCUT2D eigenvalue weighted by Crippen LogP contribution is -2.42. The maximum Gasteiger partial charge on any atom is 0.0733 e. The Morgan fingerprint density at radius 2 is 2.12 bits per heavy atom. The summed E-state index contributed by atoms with van der Waals surface area (Å²) in [6.07, 6.45) is 11.8. The number of hydrogen-bond acceptors (Lipinski definition) is 2. The lowest BCUT2D eigenvalue weighted by atomic mass is 9.94. The van der Waals surface area contributed by atoms with Crippen LogP contribution in [0.3, 0.4) is 0 Å². The smallest absolute Gasteiger partial charge is 0.0733 e. The number of fused-ring (bicyclic) bond motifs is 2. The molecule has 0 aromatic rings. The van der Waals surface area contributed by atoms with E-state index in [0.29, 0.717) is 24.3 Å². The van der Waals surface area contributed by atoms with Crippen molar-refractivity contribution in [2.45, 2.75) is 89.5 Å². The minimum atomic E-state index is 0.531. The lowest BCUT2D eigenvalue weighted by molar-refractivity contribution is 0.0960.